The predicted molar refractivity (Wildman–Crippen MR) is 88.1 cm³/mol. The Kier molecular flexibility index (Phi) is 4.18. The lowest BCUT2D eigenvalue weighted by molar-refractivity contribution is 0.490. The molecule has 0 aliphatic heterocycles. The van der Waals surface area contributed by atoms with Gasteiger partial charge in [0.1, 0.15) is 0 Å². The fourth-order valence-electron chi connectivity index (χ4n) is 2.76. The molecule has 0 radical (unpaired) electrons. The fourth-order valence-corrected chi connectivity index (χ4v) is 4.90. The molecule has 2 nitrogen and oxygen atoms in total. The molecule has 3 rings (SSSR count). The Balaban J connectivity index is 1.53. The number of thiazole rings is 1. The van der Waals surface area contributed by atoms with Gasteiger partial charge in [-0.25, -0.2) is 4.98 Å². The standard InChI is InChI=1S/C15H19ClN2S2/c1-8(17-7-14-9(2)18-10(3)19-14)11-6-12(11)13-4-5-15(16)20-13/h4-5,8,11-12,17H,6-7H2,1-3H3/t8-,11-,12+/m0/s1. The van der Waals surface area contributed by atoms with E-state index in [1.165, 1.54) is 21.9 Å². The molecule has 0 spiro atoms. The summed E-state index contributed by atoms with van der Waals surface area (Å²) in [4.78, 5) is 7.29. The van der Waals surface area contributed by atoms with E-state index in [4.69, 9.17) is 11.6 Å². The third kappa shape index (κ3) is 3.08. The van der Waals surface area contributed by atoms with E-state index in [2.05, 4.69) is 37.1 Å². The number of hydrogen-bond donors (Lipinski definition) is 1. The first-order valence-electron chi connectivity index (χ1n) is 6.96. The van der Waals surface area contributed by atoms with Crippen molar-refractivity contribution in [3.63, 3.8) is 0 Å². The van der Waals surface area contributed by atoms with Crippen LogP contribution in [0.4, 0.5) is 0 Å². The molecule has 0 bridgehead atoms. The quantitative estimate of drug-likeness (QED) is 0.857. The van der Waals surface area contributed by atoms with Gasteiger partial charge in [-0.2, -0.15) is 0 Å². The first-order valence-corrected chi connectivity index (χ1v) is 8.97. The summed E-state index contributed by atoms with van der Waals surface area (Å²) < 4.78 is 0.905. The number of nitrogens with zero attached hydrogens (tertiary/aromatic N) is 1. The third-order valence-corrected chi connectivity index (χ3v) is 6.46. The molecule has 5 heteroatoms. The van der Waals surface area contributed by atoms with Crippen molar-refractivity contribution in [2.75, 3.05) is 0 Å². The zero-order valence-electron chi connectivity index (χ0n) is 11.9. The highest BCUT2D eigenvalue weighted by Crippen LogP contribution is 2.51. The summed E-state index contributed by atoms with van der Waals surface area (Å²) in [5.74, 6) is 1.46. The van der Waals surface area contributed by atoms with Gasteiger partial charge < -0.3 is 5.32 Å². The van der Waals surface area contributed by atoms with Crippen molar-refractivity contribution in [2.24, 2.45) is 5.92 Å². The van der Waals surface area contributed by atoms with E-state index in [1.807, 2.05) is 6.07 Å². The minimum absolute atomic E-state index is 0.544. The lowest BCUT2D eigenvalue weighted by Crippen LogP contribution is -2.27. The summed E-state index contributed by atoms with van der Waals surface area (Å²) in [6.45, 7) is 7.40. The van der Waals surface area contributed by atoms with Crippen molar-refractivity contribution in [3.05, 3.63) is 36.9 Å². The molecule has 2 aromatic rings. The van der Waals surface area contributed by atoms with Crippen LogP contribution in [-0.2, 0) is 6.54 Å². The molecule has 3 atom stereocenters. The predicted octanol–water partition coefficient (Wildman–Crippen LogP) is 4.76. The molecule has 0 amide bonds. The van der Waals surface area contributed by atoms with Crippen LogP contribution in [0.5, 0.6) is 0 Å². The van der Waals surface area contributed by atoms with E-state index >= 15 is 0 Å². The molecular weight excluding hydrogens is 308 g/mol. The number of aromatic nitrogens is 1. The lowest BCUT2D eigenvalue weighted by atomic mass is 10.1. The van der Waals surface area contributed by atoms with Crippen LogP contribution in [0.15, 0.2) is 12.1 Å². The van der Waals surface area contributed by atoms with Gasteiger partial charge in [0.2, 0.25) is 0 Å². The van der Waals surface area contributed by atoms with Gasteiger partial charge >= 0.3 is 0 Å². The van der Waals surface area contributed by atoms with Crippen LogP contribution in [0.25, 0.3) is 0 Å². The van der Waals surface area contributed by atoms with E-state index in [0.717, 1.165) is 21.8 Å². The molecule has 0 aromatic carbocycles. The van der Waals surface area contributed by atoms with Gasteiger partial charge in [-0.1, -0.05) is 11.6 Å². The average Bonchev–Trinajstić information content (AvgIpc) is 2.98. The maximum Gasteiger partial charge on any atom is 0.0931 e. The van der Waals surface area contributed by atoms with Crippen molar-refractivity contribution < 1.29 is 0 Å². The fraction of sp³-hybridized carbons (Fsp3) is 0.533. The summed E-state index contributed by atoms with van der Waals surface area (Å²) in [5, 5.41) is 4.82. The van der Waals surface area contributed by atoms with Crippen molar-refractivity contribution in [1.82, 2.24) is 10.3 Å². The highest BCUT2D eigenvalue weighted by atomic mass is 35.5. The van der Waals surface area contributed by atoms with Gasteiger partial charge in [-0.15, -0.1) is 22.7 Å². The molecular formula is C15H19ClN2S2. The highest BCUT2D eigenvalue weighted by molar-refractivity contribution is 7.16. The van der Waals surface area contributed by atoms with Crippen LogP contribution in [0.2, 0.25) is 4.34 Å². The monoisotopic (exact) mass is 326 g/mol. The largest absolute Gasteiger partial charge is 0.309 e. The van der Waals surface area contributed by atoms with E-state index in [9.17, 15) is 0 Å². The number of rotatable bonds is 5. The molecule has 20 heavy (non-hydrogen) atoms. The van der Waals surface area contributed by atoms with Crippen LogP contribution in [0, 0.1) is 19.8 Å². The van der Waals surface area contributed by atoms with Gasteiger partial charge in [0.15, 0.2) is 0 Å². The van der Waals surface area contributed by atoms with E-state index in [-0.39, 0.29) is 0 Å². The Labute approximate surface area is 133 Å². The molecule has 0 saturated heterocycles. The molecule has 1 aliphatic rings. The smallest absolute Gasteiger partial charge is 0.0931 e. The highest BCUT2D eigenvalue weighted by Gasteiger charge is 2.42. The summed E-state index contributed by atoms with van der Waals surface area (Å²) in [6.07, 6.45) is 1.28. The van der Waals surface area contributed by atoms with Gasteiger partial charge in [-0.3, -0.25) is 0 Å². The molecule has 1 aliphatic carbocycles. The van der Waals surface area contributed by atoms with Crippen LogP contribution in [0.3, 0.4) is 0 Å². The molecule has 1 fully saturated rings. The second-order valence-corrected chi connectivity index (χ2v) is 8.59. The normalized spacial score (nSPS) is 23.0. The van der Waals surface area contributed by atoms with Crippen LogP contribution >= 0.6 is 34.3 Å². The minimum Gasteiger partial charge on any atom is -0.309 e. The van der Waals surface area contributed by atoms with Crippen molar-refractivity contribution >= 4 is 34.3 Å². The van der Waals surface area contributed by atoms with Crippen molar-refractivity contribution in [2.45, 2.75) is 45.7 Å². The zero-order valence-corrected chi connectivity index (χ0v) is 14.3. The Bertz CT molecular complexity index is 605. The number of aryl methyl sites for hydroxylation is 2. The molecule has 108 valence electrons. The van der Waals surface area contributed by atoms with Crippen LogP contribution in [-0.4, -0.2) is 11.0 Å². The first kappa shape index (κ1) is 14.5. The van der Waals surface area contributed by atoms with Gasteiger partial charge in [-0.05, 0) is 51.2 Å². The summed E-state index contributed by atoms with van der Waals surface area (Å²) in [6, 6.07) is 4.74. The number of thiophene rings is 1. The Morgan fingerprint density at radius 2 is 2.20 bits per heavy atom. The van der Waals surface area contributed by atoms with Crippen molar-refractivity contribution in [3.8, 4) is 0 Å². The van der Waals surface area contributed by atoms with Gasteiger partial charge in [0, 0.05) is 22.3 Å². The summed E-state index contributed by atoms with van der Waals surface area (Å²) in [7, 11) is 0. The number of halogens is 1. The number of hydrogen-bond acceptors (Lipinski definition) is 4. The Hall–Kier alpha value is -0.420. The average molecular weight is 327 g/mol. The van der Waals surface area contributed by atoms with Crippen LogP contribution in [0.1, 0.15) is 39.7 Å². The van der Waals surface area contributed by atoms with Gasteiger partial charge in [0.05, 0.1) is 15.0 Å². The van der Waals surface area contributed by atoms with Crippen LogP contribution < -0.4 is 5.32 Å². The van der Waals surface area contributed by atoms with E-state index < -0.39 is 0 Å². The van der Waals surface area contributed by atoms with Crippen molar-refractivity contribution in [1.29, 1.82) is 0 Å². The molecule has 1 N–H and O–H groups in total. The van der Waals surface area contributed by atoms with E-state index in [1.54, 1.807) is 22.7 Å². The Morgan fingerprint density at radius 1 is 1.40 bits per heavy atom. The maximum absolute atomic E-state index is 6.02. The van der Waals surface area contributed by atoms with Gasteiger partial charge in [0.25, 0.3) is 0 Å². The summed E-state index contributed by atoms with van der Waals surface area (Å²) in [5.41, 5.74) is 1.17. The maximum atomic E-state index is 6.02. The zero-order chi connectivity index (χ0) is 14.3. The Morgan fingerprint density at radius 3 is 2.80 bits per heavy atom. The molecule has 2 aromatic heterocycles. The molecule has 0 unspecified atom stereocenters. The topological polar surface area (TPSA) is 24.9 Å². The number of nitrogens with one attached hydrogen (secondary N) is 1. The minimum atomic E-state index is 0.544. The second-order valence-electron chi connectivity index (χ2n) is 5.56. The molecule has 2 heterocycles. The third-order valence-electron chi connectivity index (χ3n) is 4.03. The lowest BCUT2D eigenvalue weighted by Gasteiger charge is -2.13. The molecule has 1 saturated carbocycles. The summed E-state index contributed by atoms with van der Waals surface area (Å²) >= 11 is 9.55. The SMILES string of the molecule is Cc1nc(C)c(CN[C@@H](C)[C@@H]2C[C@H]2c2ccc(Cl)s2)s1. The van der Waals surface area contributed by atoms with E-state index in [0.29, 0.717) is 12.0 Å². The first-order chi connectivity index (χ1) is 9.54. The second kappa shape index (κ2) is 5.76.